The van der Waals surface area contributed by atoms with Crippen LogP contribution in [-0.2, 0) is 0 Å². The highest BCUT2D eigenvalue weighted by Gasteiger charge is 2.21. The van der Waals surface area contributed by atoms with Gasteiger partial charge >= 0.3 is 5.97 Å². The van der Waals surface area contributed by atoms with Crippen LogP contribution in [0, 0.1) is 25.1 Å². The highest BCUT2D eigenvalue weighted by molar-refractivity contribution is 6.08. The summed E-state index contributed by atoms with van der Waals surface area (Å²) < 4.78 is 20.5. The molecule has 0 spiro atoms. The van der Waals surface area contributed by atoms with E-state index in [1.807, 2.05) is 0 Å². The third-order valence-corrected chi connectivity index (χ3v) is 5.02. The number of aromatic carboxylic acids is 1. The van der Waals surface area contributed by atoms with Gasteiger partial charge in [0.05, 0.1) is 17.0 Å². The summed E-state index contributed by atoms with van der Waals surface area (Å²) in [7, 11) is 1.54. The van der Waals surface area contributed by atoms with Crippen molar-refractivity contribution in [1.29, 1.82) is 0 Å². The van der Waals surface area contributed by atoms with Gasteiger partial charge in [-0.15, -0.1) is 6.42 Å². The largest absolute Gasteiger partial charge is 0.478 e. The third kappa shape index (κ3) is 4.30. The molecule has 0 amide bonds. The van der Waals surface area contributed by atoms with Crippen LogP contribution in [0.3, 0.4) is 0 Å². The zero-order chi connectivity index (χ0) is 23.4. The van der Waals surface area contributed by atoms with E-state index in [1.165, 1.54) is 18.2 Å². The lowest BCUT2D eigenvalue weighted by molar-refractivity contribution is 0.0698. The zero-order valence-electron chi connectivity index (χ0n) is 17.8. The number of carbonyl (C=O) groups is 1. The predicted octanol–water partition coefficient (Wildman–Crippen LogP) is 4.72. The topological polar surface area (TPSA) is 91.9 Å². The van der Waals surface area contributed by atoms with Crippen LogP contribution in [0.1, 0.15) is 40.2 Å². The fourth-order valence-electron chi connectivity index (χ4n) is 3.43. The maximum absolute atomic E-state index is 14.4. The van der Waals surface area contributed by atoms with Crippen molar-refractivity contribution < 1.29 is 18.7 Å². The molecule has 0 radical (unpaired) electrons. The molecule has 0 bridgehead atoms. The van der Waals surface area contributed by atoms with Crippen molar-refractivity contribution in [1.82, 2.24) is 0 Å². The van der Waals surface area contributed by atoms with Gasteiger partial charge < -0.3 is 14.8 Å². The van der Waals surface area contributed by atoms with E-state index >= 15 is 0 Å². The number of hydrogen-bond acceptors (Lipinski definition) is 5. The van der Waals surface area contributed by atoms with Crippen LogP contribution in [0.5, 0.6) is 0 Å². The first-order valence-corrected chi connectivity index (χ1v) is 9.74. The molecule has 3 rings (SSSR count). The molecule has 162 valence electrons. The summed E-state index contributed by atoms with van der Waals surface area (Å²) >= 11 is 0. The molecule has 0 saturated carbocycles. The molecule has 0 aliphatic heterocycles. The molecule has 1 unspecified atom stereocenters. The van der Waals surface area contributed by atoms with Crippen LogP contribution >= 0.6 is 0 Å². The van der Waals surface area contributed by atoms with E-state index in [0.717, 1.165) is 6.07 Å². The van der Waals surface area contributed by atoms with Crippen molar-refractivity contribution >= 4 is 28.3 Å². The van der Waals surface area contributed by atoms with E-state index in [9.17, 15) is 19.1 Å². The normalized spacial score (nSPS) is 12.7. The van der Waals surface area contributed by atoms with Gasteiger partial charge in [0.25, 0.3) is 0 Å². The van der Waals surface area contributed by atoms with Crippen LogP contribution in [0.15, 0.2) is 62.8 Å². The van der Waals surface area contributed by atoms with Gasteiger partial charge in [0, 0.05) is 23.9 Å². The summed E-state index contributed by atoms with van der Waals surface area (Å²) in [5.41, 5.74) is 1.20. The van der Waals surface area contributed by atoms with Crippen LogP contribution in [-0.4, -0.2) is 23.8 Å². The number of terminal acetylenes is 1. The van der Waals surface area contributed by atoms with Gasteiger partial charge in [-0.05, 0) is 50.3 Å². The molecule has 6 nitrogen and oxygen atoms in total. The van der Waals surface area contributed by atoms with Gasteiger partial charge in [-0.3, -0.25) is 9.79 Å². The van der Waals surface area contributed by atoms with Crippen LogP contribution in [0.2, 0.25) is 0 Å². The molecule has 2 aromatic carbocycles. The minimum absolute atomic E-state index is 0.0675. The number of anilines is 1. The second-order valence-corrected chi connectivity index (χ2v) is 7.08. The Bertz CT molecular complexity index is 1360. The number of benzene rings is 2. The van der Waals surface area contributed by atoms with E-state index in [4.69, 9.17) is 10.8 Å². The van der Waals surface area contributed by atoms with Crippen molar-refractivity contribution in [2.75, 3.05) is 12.4 Å². The van der Waals surface area contributed by atoms with Gasteiger partial charge in [0.1, 0.15) is 17.1 Å². The van der Waals surface area contributed by atoms with E-state index in [-0.39, 0.29) is 27.9 Å². The highest BCUT2D eigenvalue weighted by atomic mass is 19.1. The number of nitrogens with one attached hydrogen (secondary N) is 1. The number of halogens is 1. The van der Waals surface area contributed by atoms with Gasteiger partial charge in [-0.2, -0.15) is 0 Å². The molecule has 0 aliphatic carbocycles. The first kappa shape index (κ1) is 22.5. The summed E-state index contributed by atoms with van der Waals surface area (Å²) in [6, 6.07) is 8.17. The summed E-state index contributed by atoms with van der Waals surface area (Å²) in [5.74, 6) is 0.881. The average molecular weight is 432 g/mol. The maximum Gasteiger partial charge on any atom is 0.337 e. The Kier molecular flexibility index (Phi) is 6.55. The summed E-state index contributed by atoms with van der Waals surface area (Å²) in [5, 5.41) is 12.6. The Balaban J connectivity index is 2.21. The molecule has 1 heterocycles. The number of fused-ring (bicyclic) bond motifs is 1. The number of carboxylic acids is 1. The monoisotopic (exact) mass is 432 g/mol. The standard InChI is InChI=1S/C25H21FN2O4/c1-5-6-10-21(27-4)23-14(2)22(29)19-13-16(26)12-18(24(19)32-23)15(3)28-20-11-8-7-9-17(20)25(30)31/h1,6-13,15,28H,2-4H3,(H,30,31)/b10-6-,27-21?. The van der Waals surface area contributed by atoms with Crippen molar-refractivity contribution in [3.63, 3.8) is 0 Å². The molecular formula is C25H21FN2O4. The van der Waals surface area contributed by atoms with Crippen LogP contribution < -0.4 is 10.7 Å². The lowest BCUT2D eigenvalue weighted by Crippen LogP contribution is -2.16. The summed E-state index contributed by atoms with van der Waals surface area (Å²) in [4.78, 5) is 28.7. The smallest absolute Gasteiger partial charge is 0.337 e. The fourth-order valence-corrected chi connectivity index (χ4v) is 3.43. The quantitative estimate of drug-likeness (QED) is 0.434. The Morgan fingerprint density at radius 2 is 2.06 bits per heavy atom. The molecule has 32 heavy (non-hydrogen) atoms. The molecule has 3 aromatic rings. The van der Waals surface area contributed by atoms with E-state index in [0.29, 0.717) is 17.0 Å². The summed E-state index contributed by atoms with van der Waals surface area (Å²) in [6.07, 6.45) is 8.26. The molecule has 1 atom stereocenters. The van der Waals surface area contributed by atoms with Gasteiger partial charge in [0.2, 0.25) is 0 Å². The fraction of sp³-hybridized carbons (Fsp3) is 0.160. The van der Waals surface area contributed by atoms with Crippen molar-refractivity contribution in [2.24, 2.45) is 4.99 Å². The molecule has 0 saturated heterocycles. The van der Waals surface area contributed by atoms with Gasteiger partial charge in [-0.25, -0.2) is 9.18 Å². The minimum Gasteiger partial charge on any atom is -0.478 e. The predicted molar refractivity (Wildman–Crippen MR) is 123 cm³/mol. The third-order valence-electron chi connectivity index (χ3n) is 5.02. The van der Waals surface area contributed by atoms with Crippen molar-refractivity contribution in [3.05, 3.63) is 87.0 Å². The average Bonchev–Trinajstić information content (AvgIpc) is 2.77. The Hall–Kier alpha value is -4.18. The SMILES string of the molecule is C#C/C=C\C(=NC)c1oc2c(C(C)Nc3ccccc3C(=O)O)cc(F)cc2c(=O)c1C. The number of carboxylic acid groups (broad SMARTS) is 1. The molecule has 7 heteroatoms. The van der Waals surface area contributed by atoms with Gasteiger partial charge in [-0.1, -0.05) is 18.1 Å². The van der Waals surface area contributed by atoms with Crippen molar-refractivity contribution in [2.45, 2.75) is 19.9 Å². The zero-order valence-corrected chi connectivity index (χ0v) is 17.8. The maximum atomic E-state index is 14.4. The number of allylic oxidation sites excluding steroid dienone is 2. The Labute approximate surface area is 184 Å². The van der Waals surface area contributed by atoms with E-state index < -0.39 is 23.3 Å². The molecular weight excluding hydrogens is 411 g/mol. The van der Waals surface area contributed by atoms with E-state index in [2.05, 4.69) is 16.2 Å². The Morgan fingerprint density at radius 3 is 2.72 bits per heavy atom. The first-order valence-electron chi connectivity index (χ1n) is 9.74. The van der Waals surface area contributed by atoms with E-state index in [1.54, 1.807) is 45.2 Å². The Morgan fingerprint density at radius 1 is 1.34 bits per heavy atom. The van der Waals surface area contributed by atoms with Crippen molar-refractivity contribution in [3.8, 4) is 12.3 Å². The number of para-hydroxylation sites is 1. The highest BCUT2D eigenvalue weighted by Crippen LogP contribution is 2.30. The van der Waals surface area contributed by atoms with Crippen LogP contribution in [0.4, 0.5) is 10.1 Å². The number of aliphatic imine (C=N–C) groups is 1. The minimum atomic E-state index is -1.10. The molecule has 2 N–H and O–H groups in total. The second-order valence-electron chi connectivity index (χ2n) is 7.08. The number of rotatable bonds is 6. The molecule has 1 aromatic heterocycles. The number of hydrogen-bond donors (Lipinski definition) is 2. The molecule has 0 aliphatic rings. The lowest BCUT2D eigenvalue weighted by atomic mass is 10.0. The number of nitrogens with zero attached hydrogens (tertiary/aromatic N) is 1. The van der Waals surface area contributed by atoms with Crippen LogP contribution in [0.25, 0.3) is 11.0 Å². The molecule has 0 fully saturated rings. The van der Waals surface area contributed by atoms with Gasteiger partial charge in [0.15, 0.2) is 11.2 Å². The summed E-state index contributed by atoms with van der Waals surface area (Å²) in [6.45, 7) is 3.30. The lowest BCUT2D eigenvalue weighted by Gasteiger charge is -2.19. The first-order chi connectivity index (χ1) is 15.3. The second kappa shape index (κ2) is 9.31.